The van der Waals surface area contributed by atoms with E-state index in [0.29, 0.717) is 17.0 Å². The first-order valence-electron chi connectivity index (χ1n) is 9.20. The van der Waals surface area contributed by atoms with Gasteiger partial charge >= 0.3 is 5.97 Å². The standard InChI is InChI=1S/C23H15ClFNO2S3/c24-17-5-3-6-18(25)23(17)26-19-7-2-1-4-15(19)12-21(27)28-16-10-8-14(9-11-16)20-13-22(29)31-30-20/h1-11,13,26H,12H2. The highest BCUT2D eigenvalue weighted by Crippen LogP contribution is 2.31. The lowest BCUT2D eigenvalue weighted by molar-refractivity contribution is -0.133. The van der Waals surface area contributed by atoms with E-state index < -0.39 is 11.8 Å². The molecule has 1 N–H and O–H groups in total. The summed E-state index contributed by atoms with van der Waals surface area (Å²) < 4.78 is 20.5. The summed E-state index contributed by atoms with van der Waals surface area (Å²) in [7, 11) is 3.17. The molecule has 8 heteroatoms. The number of para-hydroxylation sites is 2. The summed E-state index contributed by atoms with van der Waals surface area (Å²) >= 11 is 11.3. The lowest BCUT2D eigenvalue weighted by Gasteiger charge is -2.13. The minimum atomic E-state index is -0.473. The van der Waals surface area contributed by atoms with Crippen molar-refractivity contribution in [2.75, 3.05) is 5.32 Å². The van der Waals surface area contributed by atoms with Gasteiger partial charge in [0.05, 0.1) is 17.1 Å². The van der Waals surface area contributed by atoms with Crippen LogP contribution in [0.15, 0.2) is 72.8 Å². The molecule has 0 atom stereocenters. The third-order valence-corrected chi connectivity index (χ3v) is 7.63. The number of carbonyl (C=O) groups excluding carboxylic acids is 1. The van der Waals surface area contributed by atoms with Crippen LogP contribution in [0, 0.1) is 9.64 Å². The van der Waals surface area contributed by atoms with Crippen molar-refractivity contribution >= 4 is 61.8 Å². The molecule has 0 saturated heterocycles. The van der Waals surface area contributed by atoms with Gasteiger partial charge in [-0.25, -0.2) is 4.39 Å². The molecule has 0 aliphatic heterocycles. The molecule has 0 radical (unpaired) electrons. The molecule has 0 unspecified atom stereocenters. The first kappa shape index (κ1) is 21.6. The lowest BCUT2D eigenvalue weighted by atomic mass is 10.1. The van der Waals surface area contributed by atoms with Crippen LogP contribution in [0.4, 0.5) is 15.8 Å². The van der Waals surface area contributed by atoms with E-state index in [1.807, 2.05) is 18.2 Å². The molecule has 0 bridgehead atoms. The van der Waals surface area contributed by atoms with Crippen LogP contribution in [0.3, 0.4) is 0 Å². The van der Waals surface area contributed by atoms with E-state index in [9.17, 15) is 9.18 Å². The van der Waals surface area contributed by atoms with Gasteiger partial charge in [0.15, 0.2) is 0 Å². The molecule has 0 aliphatic carbocycles. The summed E-state index contributed by atoms with van der Waals surface area (Å²) in [6, 6.07) is 20.8. The minimum absolute atomic E-state index is 0.0168. The fourth-order valence-electron chi connectivity index (χ4n) is 2.93. The molecule has 3 nitrogen and oxygen atoms in total. The first-order chi connectivity index (χ1) is 15.0. The highest BCUT2D eigenvalue weighted by molar-refractivity contribution is 7.80. The number of esters is 1. The second kappa shape index (κ2) is 9.70. The van der Waals surface area contributed by atoms with Crippen LogP contribution < -0.4 is 10.1 Å². The van der Waals surface area contributed by atoms with Crippen molar-refractivity contribution in [2.45, 2.75) is 6.42 Å². The number of hydrogen-bond donors (Lipinski definition) is 1. The number of carbonyl (C=O) groups is 1. The Labute approximate surface area is 196 Å². The Morgan fingerprint density at radius 1 is 1.03 bits per heavy atom. The van der Waals surface area contributed by atoms with Gasteiger partial charge in [-0.15, -0.1) is 0 Å². The van der Waals surface area contributed by atoms with Crippen molar-refractivity contribution in [3.8, 4) is 16.2 Å². The minimum Gasteiger partial charge on any atom is -0.426 e. The predicted molar refractivity (Wildman–Crippen MR) is 129 cm³/mol. The Balaban J connectivity index is 1.46. The lowest BCUT2D eigenvalue weighted by Crippen LogP contribution is -2.12. The van der Waals surface area contributed by atoms with E-state index >= 15 is 0 Å². The average Bonchev–Trinajstić information content (AvgIpc) is 3.19. The maximum atomic E-state index is 14.1. The molecule has 0 saturated carbocycles. The maximum Gasteiger partial charge on any atom is 0.315 e. The van der Waals surface area contributed by atoms with E-state index in [-0.39, 0.29) is 17.1 Å². The fourth-order valence-corrected chi connectivity index (χ4v) is 5.54. The third-order valence-electron chi connectivity index (χ3n) is 4.41. The van der Waals surface area contributed by atoms with Crippen LogP contribution in [0.1, 0.15) is 5.56 Å². The number of ether oxygens (including phenoxy) is 1. The van der Waals surface area contributed by atoms with Gasteiger partial charge in [-0.05, 0) is 59.7 Å². The van der Waals surface area contributed by atoms with Crippen molar-refractivity contribution in [3.63, 3.8) is 0 Å². The van der Waals surface area contributed by atoms with Crippen molar-refractivity contribution in [1.82, 2.24) is 0 Å². The predicted octanol–water partition coefficient (Wildman–Crippen LogP) is 7.89. The zero-order chi connectivity index (χ0) is 21.8. The maximum absolute atomic E-state index is 14.1. The summed E-state index contributed by atoms with van der Waals surface area (Å²) in [5, 5.41) is 3.24. The molecule has 4 rings (SSSR count). The van der Waals surface area contributed by atoms with E-state index in [1.165, 1.54) is 12.1 Å². The van der Waals surface area contributed by atoms with Crippen molar-refractivity contribution in [2.24, 2.45) is 0 Å². The zero-order valence-corrected chi connectivity index (χ0v) is 19.1. The molecule has 0 fully saturated rings. The highest BCUT2D eigenvalue weighted by Gasteiger charge is 2.13. The summed E-state index contributed by atoms with van der Waals surface area (Å²) in [5.74, 6) is -0.442. The summed E-state index contributed by atoms with van der Waals surface area (Å²) in [4.78, 5) is 13.6. The van der Waals surface area contributed by atoms with Gasteiger partial charge in [0, 0.05) is 10.6 Å². The summed E-state index contributed by atoms with van der Waals surface area (Å²) in [6.45, 7) is 0. The third kappa shape index (κ3) is 5.37. The van der Waals surface area contributed by atoms with Crippen LogP contribution in [-0.4, -0.2) is 5.97 Å². The first-order valence-corrected chi connectivity index (χ1v) is 12.1. The molecular formula is C23H15ClFNO2S3. The molecule has 1 aromatic heterocycles. The number of anilines is 2. The molecule has 0 amide bonds. The van der Waals surface area contributed by atoms with Gasteiger partial charge in [0.25, 0.3) is 0 Å². The smallest absolute Gasteiger partial charge is 0.315 e. The molecule has 31 heavy (non-hydrogen) atoms. The van der Waals surface area contributed by atoms with Crippen LogP contribution >= 0.6 is 44.5 Å². The van der Waals surface area contributed by atoms with Crippen molar-refractivity contribution < 1.29 is 13.9 Å². The Bertz CT molecular complexity index is 1260. The second-order valence-electron chi connectivity index (χ2n) is 6.55. The highest BCUT2D eigenvalue weighted by atomic mass is 35.5. The molecule has 1 heterocycles. The van der Waals surface area contributed by atoms with Crippen molar-refractivity contribution in [1.29, 1.82) is 0 Å². The van der Waals surface area contributed by atoms with E-state index in [1.54, 1.807) is 63.1 Å². The van der Waals surface area contributed by atoms with Crippen LogP contribution in [0.5, 0.6) is 5.75 Å². The average molecular weight is 488 g/mol. The summed E-state index contributed by atoms with van der Waals surface area (Å²) in [5.41, 5.74) is 2.44. The van der Waals surface area contributed by atoms with Gasteiger partial charge < -0.3 is 10.1 Å². The summed E-state index contributed by atoms with van der Waals surface area (Å²) in [6.07, 6.45) is 0.0168. The Hall–Kier alpha value is -2.58. The molecule has 156 valence electrons. The van der Waals surface area contributed by atoms with E-state index in [4.69, 9.17) is 28.6 Å². The number of benzene rings is 3. The topological polar surface area (TPSA) is 38.3 Å². The van der Waals surface area contributed by atoms with Gasteiger partial charge in [-0.3, -0.25) is 4.79 Å². The van der Waals surface area contributed by atoms with Gasteiger partial charge in [-0.2, -0.15) is 0 Å². The van der Waals surface area contributed by atoms with E-state index in [2.05, 4.69) is 5.32 Å². The Kier molecular flexibility index (Phi) is 6.77. The van der Waals surface area contributed by atoms with Gasteiger partial charge in [0.2, 0.25) is 0 Å². The Morgan fingerprint density at radius 2 is 1.81 bits per heavy atom. The van der Waals surface area contributed by atoms with E-state index in [0.717, 1.165) is 14.3 Å². The van der Waals surface area contributed by atoms with Gasteiger partial charge in [-0.1, -0.05) is 68.8 Å². The number of nitrogens with one attached hydrogen (secondary N) is 1. The van der Waals surface area contributed by atoms with Crippen LogP contribution in [0.25, 0.3) is 10.4 Å². The van der Waals surface area contributed by atoms with Crippen LogP contribution in [0.2, 0.25) is 5.02 Å². The number of halogens is 2. The number of hydrogen-bond acceptors (Lipinski definition) is 6. The number of rotatable bonds is 6. The largest absolute Gasteiger partial charge is 0.426 e. The second-order valence-corrected chi connectivity index (χ2v) is 9.87. The Morgan fingerprint density at radius 3 is 2.52 bits per heavy atom. The molecule has 0 spiro atoms. The molecule has 3 aromatic carbocycles. The SMILES string of the molecule is O=C(Cc1ccccc1Nc1c(F)cccc1Cl)Oc1ccc(-c2cc(=S)ss2)cc1. The molecule has 4 aromatic rings. The van der Waals surface area contributed by atoms with Crippen molar-refractivity contribution in [3.05, 3.63) is 93.0 Å². The molecule has 0 aliphatic rings. The molecular weight excluding hydrogens is 473 g/mol. The van der Waals surface area contributed by atoms with Crippen LogP contribution in [-0.2, 0) is 11.2 Å². The fraction of sp³-hybridized carbons (Fsp3) is 0.0435. The normalized spacial score (nSPS) is 10.6. The zero-order valence-electron chi connectivity index (χ0n) is 15.9. The monoisotopic (exact) mass is 487 g/mol. The van der Waals surface area contributed by atoms with Gasteiger partial charge in [0.1, 0.15) is 15.4 Å². The quantitative estimate of drug-likeness (QED) is 0.130.